The van der Waals surface area contributed by atoms with Gasteiger partial charge in [-0.2, -0.15) is 4.57 Å². The third kappa shape index (κ3) is 2.63. The molecule has 4 heteroatoms. The van der Waals surface area contributed by atoms with E-state index in [0.29, 0.717) is 12.0 Å². The van der Waals surface area contributed by atoms with Gasteiger partial charge in [0.1, 0.15) is 11.2 Å². The van der Waals surface area contributed by atoms with Crippen molar-refractivity contribution < 1.29 is 8.98 Å². The van der Waals surface area contributed by atoms with E-state index in [0.717, 1.165) is 23.3 Å². The lowest BCUT2D eigenvalue weighted by Gasteiger charge is -2.61. The molecule has 6 aromatic rings. The fourth-order valence-electron chi connectivity index (χ4n) is 8.30. The molecule has 194 valence electrons. The van der Waals surface area contributed by atoms with Crippen LogP contribution in [0.15, 0.2) is 102 Å². The molecule has 0 amide bonds. The second kappa shape index (κ2) is 7.74. The lowest BCUT2D eigenvalue weighted by atomic mass is 9.48. The maximum absolute atomic E-state index is 6.79. The molecule has 5 heterocycles. The van der Waals surface area contributed by atoms with Crippen LogP contribution in [0.3, 0.4) is 0 Å². The number of hydrogen-bond donors (Lipinski definition) is 1. The molecule has 40 heavy (non-hydrogen) atoms. The number of aryl methyl sites for hydroxylation is 1. The van der Waals surface area contributed by atoms with Gasteiger partial charge in [0.15, 0.2) is 12.2 Å². The normalized spacial score (nSPS) is 25.4. The molecule has 1 saturated carbocycles. The number of nitrogens with one attached hydrogen (secondary N) is 1. The summed E-state index contributed by atoms with van der Waals surface area (Å²) in [7, 11) is 0. The van der Waals surface area contributed by atoms with Crippen molar-refractivity contribution in [2.75, 3.05) is 0 Å². The quantitative estimate of drug-likeness (QED) is 0.168. The molecule has 0 bridgehead atoms. The van der Waals surface area contributed by atoms with Crippen molar-refractivity contribution in [3.8, 4) is 11.3 Å². The van der Waals surface area contributed by atoms with Gasteiger partial charge in [-0.3, -0.25) is 0 Å². The molecule has 3 aromatic heterocycles. The number of benzene rings is 3. The van der Waals surface area contributed by atoms with Crippen LogP contribution < -0.4 is 9.88 Å². The Morgan fingerprint density at radius 1 is 1.00 bits per heavy atom. The van der Waals surface area contributed by atoms with Crippen LogP contribution in [0.4, 0.5) is 0 Å². The highest BCUT2D eigenvalue weighted by Crippen LogP contribution is 2.63. The van der Waals surface area contributed by atoms with Crippen LogP contribution >= 0.6 is 11.3 Å². The zero-order valence-electron chi connectivity index (χ0n) is 22.6. The lowest BCUT2D eigenvalue weighted by Crippen LogP contribution is -2.75. The summed E-state index contributed by atoms with van der Waals surface area (Å²) in [5.41, 5.74) is 9.63. The number of thiophene rings is 1. The monoisotopic (exact) mass is 537 g/mol. The van der Waals surface area contributed by atoms with Crippen LogP contribution in [0.2, 0.25) is 0 Å². The summed E-state index contributed by atoms with van der Waals surface area (Å²) in [4.78, 5) is 1.31. The van der Waals surface area contributed by atoms with Crippen LogP contribution in [0.25, 0.3) is 49.0 Å². The molecule has 4 atom stereocenters. The summed E-state index contributed by atoms with van der Waals surface area (Å²) in [6.45, 7) is 8.69. The third-order valence-electron chi connectivity index (χ3n) is 9.82. The Kier molecular flexibility index (Phi) is 4.38. The lowest BCUT2D eigenvalue weighted by molar-refractivity contribution is -0.740. The molecule has 1 N–H and O–H groups in total. The smallest absolute Gasteiger partial charge is 0.213 e. The van der Waals surface area contributed by atoms with E-state index in [1.165, 1.54) is 53.7 Å². The summed E-state index contributed by atoms with van der Waals surface area (Å²) in [5.74, 6) is 0.606. The highest BCUT2D eigenvalue weighted by atomic mass is 32.1. The first-order valence-electron chi connectivity index (χ1n) is 14.2. The molecule has 3 nitrogen and oxygen atoms in total. The van der Waals surface area contributed by atoms with Gasteiger partial charge in [0.2, 0.25) is 5.69 Å². The number of rotatable bonds is 1. The van der Waals surface area contributed by atoms with Gasteiger partial charge >= 0.3 is 0 Å². The Hall–Kier alpha value is -4.15. The number of nitrogens with zero attached hydrogens (tertiary/aromatic N) is 1. The van der Waals surface area contributed by atoms with Crippen molar-refractivity contribution in [2.24, 2.45) is 5.92 Å². The highest BCUT2D eigenvalue weighted by molar-refractivity contribution is 7.19. The maximum Gasteiger partial charge on any atom is 0.213 e. The number of pyridine rings is 1. The molecule has 2 aliphatic heterocycles. The van der Waals surface area contributed by atoms with Gasteiger partial charge in [-0.15, -0.1) is 17.9 Å². The summed E-state index contributed by atoms with van der Waals surface area (Å²) in [6.07, 6.45) is 7.61. The molecular formula is C36H29N2OS+. The molecule has 4 unspecified atom stereocenters. The number of furan rings is 1. The van der Waals surface area contributed by atoms with Crippen molar-refractivity contribution in [1.82, 2.24) is 5.32 Å². The van der Waals surface area contributed by atoms with Gasteiger partial charge in [0.05, 0.1) is 17.4 Å². The molecule has 3 aromatic carbocycles. The second-order valence-corrected chi connectivity index (χ2v) is 12.9. The Morgan fingerprint density at radius 2 is 1.82 bits per heavy atom. The van der Waals surface area contributed by atoms with E-state index in [-0.39, 0.29) is 11.5 Å². The molecule has 0 radical (unpaired) electrons. The largest absolute Gasteiger partial charge is 0.455 e. The fourth-order valence-corrected chi connectivity index (χ4v) is 9.22. The van der Waals surface area contributed by atoms with Gasteiger partial charge in [-0.25, -0.2) is 0 Å². The van der Waals surface area contributed by atoms with Crippen LogP contribution in [0.5, 0.6) is 0 Å². The van der Waals surface area contributed by atoms with Crippen molar-refractivity contribution in [1.29, 1.82) is 0 Å². The SMILES string of the molecule is C=CC1C2C(c3ccccc3-c3cccc[n+]32)C12Cc1ccc3c(oc4c5cc(C)sc5ccc34)c1/C(=C/C)N2. The van der Waals surface area contributed by atoms with E-state index in [1.807, 2.05) is 11.3 Å². The van der Waals surface area contributed by atoms with Crippen LogP contribution in [-0.2, 0) is 6.42 Å². The van der Waals surface area contributed by atoms with Crippen LogP contribution in [0.1, 0.15) is 40.5 Å². The molecule has 1 aliphatic carbocycles. The first-order chi connectivity index (χ1) is 19.6. The van der Waals surface area contributed by atoms with Gasteiger partial charge in [-0.05, 0) is 61.7 Å². The molecule has 1 fully saturated rings. The third-order valence-corrected chi connectivity index (χ3v) is 10.8. The van der Waals surface area contributed by atoms with E-state index < -0.39 is 0 Å². The van der Waals surface area contributed by atoms with E-state index in [9.17, 15) is 0 Å². The van der Waals surface area contributed by atoms with E-state index >= 15 is 0 Å². The minimum atomic E-state index is -0.157. The van der Waals surface area contributed by atoms with E-state index in [4.69, 9.17) is 4.42 Å². The Morgan fingerprint density at radius 3 is 2.70 bits per heavy atom. The Labute approximate surface area is 237 Å². The summed E-state index contributed by atoms with van der Waals surface area (Å²) < 4.78 is 10.6. The van der Waals surface area contributed by atoms with Crippen molar-refractivity contribution >= 4 is 49.1 Å². The number of fused-ring (bicyclic) bond motifs is 14. The zero-order chi connectivity index (χ0) is 26.7. The van der Waals surface area contributed by atoms with E-state index in [2.05, 4.69) is 121 Å². The van der Waals surface area contributed by atoms with Gasteiger partial charge < -0.3 is 9.73 Å². The predicted molar refractivity (Wildman–Crippen MR) is 165 cm³/mol. The Balaban J connectivity index is 1.26. The minimum absolute atomic E-state index is 0.157. The maximum atomic E-state index is 6.79. The first kappa shape index (κ1) is 22.6. The van der Waals surface area contributed by atoms with Crippen LogP contribution in [-0.4, -0.2) is 5.54 Å². The van der Waals surface area contributed by atoms with E-state index in [1.54, 1.807) is 0 Å². The van der Waals surface area contributed by atoms with Crippen molar-refractivity contribution in [2.45, 2.75) is 37.8 Å². The van der Waals surface area contributed by atoms with Gasteiger partial charge in [0, 0.05) is 54.7 Å². The van der Waals surface area contributed by atoms with Crippen molar-refractivity contribution in [3.05, 3.63) is 119 Å². The molecule has 3 aliphatic rings. The van der Waals surface area contributed by atoms with Crippen molar-refractivity contribution in [3.63, 3.8) is 0 Å². The molecule has 9 rings (SSSR count). The Bertz CT molecular complexity index is 2100. The predicted octanol–water partition coefficient (Wildman–Crippen LogP) is 8.46. The summed E-state index contributed by atoms with van der Waals surface area (Å²) >= 11 is 1.83. The fraction of sp³-hybridized carbons (Fsp3) is 0.194. The average molecular weight is 538 g/mol. The average Bonchev–Trinajstić information content (AvgIpc) is 3.55. The minimum Gasteiger partial charge on any atom is -0.455 e. The number of allylic oxidation sites excluding steroid dienone is 1. The van der Waals surface area contributed by atoms with Crippen LogP contribution in [0, 0.1) is 12.8 Å². The standard InChI is InChI=1S/C36H29N2OS/c1-4-27-33-32(23-11-7-6-10-22(23)29-12-8-9-17-38(29)33)36(27)19-21-13-14-25-24-15-16-30-26(18-20(3)40-30)34(24)39-35(25)31(21)28(5-2)37-36/h4-18,27,32-33,37H,1,19H2,2-3H3/q+1/b28-5-. The topological polar surface area (TPSA) is 29.0 Å². The number of hydrogen-bond acceptors (Lipinski definition) is 3. The van der Waals surface area contributed by atoms with Gasteiger partial charge in [-0.1, -0.05) is 42.5 Å². The first-order valence-corrected chi connectivity index (χ1v) is 15.0. The highest BCUT2D eigenvalue weighted by Gasteiger charge is 2.69. The summed E-state index contributed by atoms with van der Waals surface area (Å²) in [5, 5.41) is 7.74. The number of aromatic nitrogens is 1. The molecule has 1 spiro atoms. The molecular weight excluding hydrogens is 508 g/mol. The second-order valence-electron chi connectivity index (χ2n) is 11.6. The molecule has 0 saturated heterocycles. The summed E-state index contributed by atoms with van der Waals surface area (Å²) in [6, 6.07) is 27.3. The zero-order valence-corrected chi connectivity index (χ0v) is 23.4. The van der Waals surface area contributed by atoms with Gasteiger partial charge in [0.25, 0.3) is 0 Å².